The highest BCUT2D eigenvalue weighted by atomic mass is 19.1. The van der Waals surface area contributed by atoms with E-state index in [4.69, 9.17) is 0 Å². The number of amides is 1. The van der Waals surface area contributed by atoms with Crippen molar-refractivity contribution >= 4 is 22.5 Å². The van der Waals surface area contributed by atoms with Gasteiger partial charge in [-0.25, -0.2) is 4.39 Å². The summed E-state index contributed by atoms with van der Waals surface area (Å²) in [5.74, 6) is 0.152. The van der Waals surface area contributed by atoms with Gasteiger partial charge in [0.25, 0.3) is 5.91 Å². The van der Waals surface area contributed by atoms with Crippen molar-refractivity contribution in [1.29, 1.82) is 0 Å². The van der Waals surface area contributed by atoms with Gasteiger partial charge in [-0.15, -0.1) is 0 Å². The molecule has 0 radical (unpaired) electrons. The molecule has 1 spiro atoms. The smallest absolute Gasteiger partial charge is 0.258 e. The summed E-state index contributed by atoms with van der Waals surface area (Å²) in [6, 6.07) is 12.8. The van der Waals surface area contributed by atoms with Crippen LogP contribution < -0.4 is 10.2 Å². The Bertz CT molecular complexity index is 1070. The molecule has 3 heterocycles. The Hall–Kier alpha value is -2.66. The number of para-hydroxylation sites is 1. The lowest BCUT2D eigenvalue weighted by Crippen LogP contribution is -2.55. The first kappa shape index (κ1) is 16.5. The molecule has 4 nitrogen and oxygen atoms in total. The molecule has 5 heteroatoms. The fourth-order valence-corrected chi connectivity index (χ4v) is 4.68. The van der Waals surface area contributed by atoms with Crippen molar-refractivity contribution in [3.05, 3.63) is 65.1 Å². The predicted molar refractivity (Wildman–Crippen MR) is 104 cm³/mol. The van der Waals surface area contributed by atoms with Gasteiger partial charge in [0, 0.05) is 35.2 Å². The molecule has 0 saturated carbocycles. The van der Waals surface area contributed by atoms with Gasteiger partial charge in [-0.2, -0.15) is 0 Å². The van der Waals surface area contributed by atoms with E-state index >= 15 is 0 Å². The Morgan fingerprint density at radius 3 is 2.85 bits per heavy atom. The van der Waals surface area contributed by atoms with Gasteiger partial charge >= 0.3 is 0 Å². The number of aromatic amines is 1. The maximum atomic E-state index is 13.9. The predicted octanol–water partition coefficient (Wildman–Crippen LogP) is 3.70. The molecule has 1 aromatic heterocycles. The highest BCUT2D eigenvalue weighted by Crippen LogP contribution is 2.48. The second-order valence-electron chi connectivity index (χ2n) is 7.92. The molecule has 2 N–H and O–H groups in total. The van der Waals surface area contributed by atoms with E-state index in [-0.39, 0.29) is 11.7 Å². The summed E-state index contributed by atoms with van der Waals surface area (Å²) in [4.78, 5) is 19.1. The summed E-state index contributed by atoms with van der Waals surface area (Å²) in [6.45, 7) is 5.58. The minimum Gasteiger partial charge on any atom is -0.356 e. The minimum absolute atomic E-state index is 0.0466. The Labute approximate surface area is 157 Å². The lowest BCUT2D eigenvalue weighted by atomic mass is 9.82. The maximum Gasteiger partial charge on any atom is 0.258 e. The Morgan fingerprint density at radius 1 is 1.22 bits per heavy atom. The molecule has 2 aliphatic heterocycles. The number of H-pyrrole nitrogens is 1. The first-order valence-corrected chi connectivity index (χ1v) is 9.49. The van der Waals surface area contributed by atoms with Gasteiger partial charge in [0.2, 0.25) is 0 Å². The van der Waals surface area contributed by atoms with Crippen LogP contribution in [0.4, 0.5) is 10.1 Å². The molecule has 0 bridgehead atoms. The van der Waals surface area contributed by atoms with Crippen LogP contribution in [0, 0.1) is 11.7 Å². The zero-order valence-electron chi connectivity index (χ0n) is 15.5. The number of halogens is 1. The number of fused-ring (bicyclic) bond motifs is 6. The molecule has 138 valence electrons. The van der Waals surface area contributed by atoms with Crippen molar-refractivity contribution in [1.82, 2.24) is 10.3 Å². The van der Waals surface area contributed by atoms with Crippen LogP contribution >= 0.6 is 0 Å². The first-order chi connectivity index (χ1) is 13.0. The molecule has 3 aromatic rings. The van der Waals surface area contributed by atoms with Crippen LogP contribution in [0.25, 0.3) is 10.9 Å². The van der Waals surface area contributed by atoms with Crippen molar-refractivity contribution < 1.29 is 9.18 Å². The van der Waals surface area contributed by atoms with Gasteiger partial charge < -0.3 is 9.88 Å². The molecule has 2 aromatic carbocycles. The number of hydrogen-bond acceptors (Lipinski definition) is 2. The molecular formula is C22H22FN3O. The monoisotopic (exact) mass is 363 g/mol. The average molecular weight is 363 g/mol. The van der Waals surface area contributed by atoms with Crippen LogP contribution in [-0.2, 0) is 16.8 Å². The normalized spacial score (nSPS) is 21.3. The quantitative estimate of drug-likeness (QED) is 0.729. The number of hydrogen-bond donors (Lipinski definition) is 2. The van der Waals surface area contributed by atoms with Crippen molar-refractivity contribution in [2.75, 3.05) is 18.0 Å². The number of nitrogens with zero attached hydrogens (tertiary/aromatic N) is 1. The zero-order chi connectivity index (χ0) is 18.8. The Morgan fingerprint density at radius 2 is 2.04 bits per heavy atom. The van der Waals surface area contributed by atoms with Gasteiger partial charge in [-0.1, -0.05) is 32.0 Å². The number of carbonyl (C=O) groups is 1. The van der Waals surface area contributed by atoms with E-state index in [9.17, 15) is 9.18 Å². The molecule has 0 saturated heterocycles. The van der Waals surface area contributed by atoms with Crippen molar-refractivity contribution in [2.24, 2.45) is 5.92 Å². The summed E-state index contributed by atoms with van der Waals surface area (Å²) in [7, 11) is 0. The third kappa shape index (κ3) is 2.15. The van der Waals surface area contributed by atoms with Gasteiger partial charge in [-0.05, 0) is 42.2 Å². The summed E-state index contributed by atoms with van der Waals surface area (Å²) >= 11 is 0. The molecule has 2 aliphatic rings. The summed E-state index contributed by atoms with van der Waals surface area (Å²) < 4.78 is 13.9. The van der Waals surface area contributed by atoms with E-state index in [2.05, 4.69) is 24.1 Å². The van der Waals surface area contributed by atoms with E-state index in [1.807, 2.05) is 29.2 Å². The summed E-state index contributed by atoms with van der Waals surface area (Å²) in [5, 5.41) is 4.39. The molecular weight excluding hydrogens is 341 g/mol. The second kappa shape index (κ2) is 5.67. The van der Waals surface area contributed by atoms with Crippen LogP contribution in [0.5, 0.6) is 0 Å². The topological polar surface area (TPSA) is 48.1 Å². The van der Waals surface area contributed by atoms with Gasteiger partial charge in [0.1, 0.15) is 5.82 Å². The molecule has 1 amide bonds. The zero-order valence-corrected chi connectivity index (χ0v) is 15.5. The average Bonchev–Trinajstić information content (AvgIpc) is 3.13. The molecule has 0 aliphatic carbocycles. The highest BCUT2D eigenvalue weighted by molar-refractivity contribution is 6.11. The van der Waals surface area contributed by atoms with Crippen molar-refractivity contribution in [2.45, 2.75) is 25.8 Å². The lowest BCUT2D eigenvalue weighted by Gasteiger charge is -2.34. The molecule has 0 unspecified atom stereocenters. The van der Waals surface area contributed by atoms with Crippen LogP contribution in [0.2, 0.25) is 0 Å². The maximum absolute atomic E-state index is 13.9. The third-order valence-corrected chi connectivity index (χ3v) is 5.72. The summed E-state index contributed by atoms with van der Waals surface area (Å²) in [6.07, 6.45) is 0.764. The molecule has 0 fully saturated rings. The van der Waals surface area contributed by atoms with E-state index in [0.717, 1.165) is 39.8 Å². The van der Waals surface area contributed by atoms with E-state index in [1.54, 1.807) is 12.1 Å². The number of nitrogens with one attached hydrogen (secondary N) is 2. The number of carbonyl (C=O) groups excluding carboxylic acids is 1. The fraction of sp³-hybridized carbons (Fsp3) is 0.318. The third-order valence-electron chi connectivity index (χ3n) is 5.72. The van der Waals surface area contributed by atoms with Crippen LogP contribution in [-0.4, -0.2) is 24.0 Å². The SMILES string of the molecule is CC(C)CN1C(=O)[C@]2(NCCc3c2[nH]c2ccc(F)cc32)c2ccccc21. The van der Waals surface area contributed by atoms with Gasteiger partial charge in [0.05, 0.1) is 5.69 Å². The molecule has 5 rings (SSSR count). The molecule has 1 atom stereocenters. The number of anilines is 1. The largest absolute Gasteiger partial charge is 0.356 e. The Balaban J connectivity index is 1.79. The van der Waals surface area contributed by atoms with Crippen molar-refractivity contribution in [3.63, 3.8) is 0 Å². The van der Waals surface area contributed by atoms with Gasteiger partial charge in [-0.3, -0.25) is 10.1 Å². The Kier molecular flexibility index (Phi) is 3.46. The number of aromatic nitrogens is 1. The molecule has 27 heavy (non-hydrogen) atoms. The number of benzene rings is 2. The van der Waals surface area contributed by atoms with Crippen LogP contribution in [0.15, 0.2) is 42.5 Å². The highest BCUT2D eigenvalue weighted by Gasteiger charge is 2.55. The fourth-order valence-electron chi connectivity index (χ4n) is 4.68. The van der Waals surface area contributed by atoms with Crippen molar-refractivity contribution in [3.8, 4) is 0 Å². The van der Waals surface area contributed by atoms with E-state index in [1.165, 1.54) is 6.07 Å². The minimum atomic E-state index is -0.922. The first-order valence-electron chi connectivity index (χ1n) is 9.49. The number of rotatable bonds is 2. The van der Waals surface area contributed by atoms with Gasteiger partial charge in [0.15, 0.2) is 5.54 Å². The summed E-state index contributed by atoms with van der Waals surface area (Å²) in [5.41, 5.74) is 3.78. The van der Waals surface area contributed by atoms with E-state index < -0.39 is 5.54 Å². The standard InChI is InChI=1S/C22H22FN3O/c1-13(2)12-26-19-6-4-3-5-17(19)22(21(26)27)20-15(9-10-24-22)16-11-14(23)7-8-18(16)25-20/h3-8,11,13,24-25H,9-10,12H2,1-2H3/t22-/m0/s1. The van der Waals surface area contributed by atoms with Crippen LogP contribution in [0.3, 0.4) is 0 Å². The van der Waals surface area contributed by atoms with E-state index in [0.29, 0.717) is 19.0 Å². The second-order valence-corrected chi connectivity index (χ2v) is 7.92. The lowest BCUT2D eigenvalue weighted by molar-refractivity contribution is -0.123. The van der Waals surface area contributed by atoms with Crippen LogP contribution in [0.1, 0.15) is 30.7 Å².